The van der Waals surface area contributed by atoms with Gasteiger partial charge in [-0.3, -0.25) is 10.1 Å². The van der Waals surface area contributed by atoms with Crippen molar-refractivity contribution >= 4 is 23.4 Å². The molecule has 106 valence electrons. The predicted octanol–water partition coefficient (Wildman–Crippen LogP) is 3.22. The van der Waals surface area contributed by atoms with Crippen molar-refractivity contribution in [2.45, 2.75) is 11.2 Å². The van der Waals surface area contributed by atoms with Gasteiger partial charge in [-0.05, 0) is 36.5 Å². The summed E-state index contributed by atoms with van der Waals surface area (Å²) in [6.07, 6.45) is 1.85. The molecule has 2 heterocycles. The number of halogens is 1. The fourth-order valence-corrected chi connectivity index (χ4v) is 4.57. The highest BCUT2D eigenvalue weighted by molar-refractivity contribution is 8.03. The quantitative estimate of drug-likeness (QED) is 0.621. The summed E-state index contributed by atoms with van der Waals surface area (Å²) in [5.74, 6) is 0.527. The topological polar surface area (TPSA) is 46.4 Å². The van der Waals surface area contributed by atoms with Crippen LogP contribution in [0.3, 0.4) is 0 Å². The summed E-state index contributed by atoms with van der Waals surface area (Å²) in [5, 5.41) is 12.3. The third kappa shape index (κ3) is 2.57. The van der Waals surface area contributed by atoms with Crippen molar-refractivity contribution in [3.8, 4) is 0 Å². The van der Waals surface area contributed by atoms with Gasteiger partial charge in [0.25, 0.3) is 5.03 Å². The highest BCUT2D eigenvalue weighted by Gasteiger charge is 2.43. The van der Waals surface area contributed by atoms with Crippen LogP contribution >= 0.6 is 23.4 Å². The number of nitro groups is 1. The molecule has 0 saturated carbocycles. The van der Waals surface area contributed by atoms with E-state index >= 15 is 0 Å². The lowest BCUT2D eigenvalue weighted by Gasteiger charge is -2.38. The number of allylic oxidation sites excluding steroid dienone is 1. The fraction of sp³-hybridized carbons (Fsp3) is 0.429. The average Bonchev–Trinajstić information content (AvgIpc) is 2.82. The van der Waals surface area contributed by atoms with E-state index in [2.05, 4.69) is 11.9 Å². The molecule has 20 heavy (non-hydrogen) atoms. The van der Waals surface area contributed by atoms with E-state index in [1.165, 1.54) is 17.3 Å². The molecule has 0 N–H and O–H groups in total. The SMILES string of the molecule is CN1CC2SC([N+](=O)[O-])=CC2C(c2ccc(Cl)cc2)C1. The van der Waals surface area contributed by atoms with E-state index in [4.69, 9.17) is 11.6 Å². The lowest BCUT2D eigenvalue weighted by atomic mass is 9.80. The minimum Gasteiger partial charge on any atom is -0.305 e. The standard InChI is InChI=1S/C14H15ClN2O2S/c1-16-7-12(9-2-4-10(15)5-3-9)11-6-14(17(18)19)20-13(11)8-16/h2-6,11-13H,7-8H2,1H3. The van der Waals surface area contributed by atoms with E-state index in [1.807, 2.05) is 30.3 Å². The van der Waals surface area contributed by atoms with E-state index in [0.29, 0.717) is 10.9 Å². The zero-order valence-corrected chi connectivity index (χ0v) is 12.6. The molecule has 1 aromatic carbocycles. The molecule has 2 aliphatic rings. The highest BCUT2D eigenvalue weighted by Crippen LogP contribution is 2.46. The van der Waals surface area contributed by atoms with Crippen molar-refractivity contribution in [3.05, 3.63) is 56.1 Å². The number of nitrogens with zero attached hydrogens (tertiary/aromatic N) is 2. The number of hydrogen-bond donors (Lipinski definition) is 0. The molecule has 6 heteroatoms. The Kier molecular flexibility index (Phi) is 3.75. The minimum absolute atomic E-state index is 0.234. The molecule has 0 spiro atoms. The maximum Gasteiger partial charge on any atom is 0.299 e. The monoisotopic (exact) mass is 310 g/mol. The Morgan fingerprint density at radius 2 is 2.05 bits per heavy atom. The maximum atomic E-state index is 11.0. The maximum absolute atomic E-state index is 11.0. The highest BCUT2D eigenvalue weighted by atomic mass is 35.5. The van der Waals surface area contributed by atoms with Crippen LogP contribution in [0.15, 0.2) is 35.4 Å². The lowest BCUT2D eigenvalue weighted by Crippen LogP contribution is -2.43. The Balaban J connectivity index is 1.92. The molecule has 4 nitrogen and oxygen atoms in total. The van der Waals surface area contributed by atoms with Gasteiger partial charge in [0, 0.05) is 41.3 Å². The van der Waals surface area contributed by atoms with Crippen LogP contribution in [0.1, 0.15) is 11.5 Å². The van der Waals surface area contributed by atoms with Crippen molar-refractivity contribution in [1.29, 1.82) is 0 Å². The second-order valence-electron chi connectivity index (χ2n) is 5.37. The summed E-state index contributed by atoms with van der Waals surface area (Å²) in [6.45, 7) is 1.82. The molecule has 0 aromatic heterocycles. The molecule has 1 aromatic rings. The van der Waals surface area contributed by atoms with Crippen LogP contribution in [0.5, 0.6) is 0 Å². The first-order valence-corrected chi connectivity index (χ1v) is 7.77. The molecule has 0 aliphatic carbocycles. The van der Waals surface area contributed by atoms with Gasteiger partial charge in [-0.2, -0.15) is 0 Å². The average molecular weight is 311 g/mol. The van der Waals surface area contributed by atoms with Gasteiger partial charge in [0.05, 0.1) is 4.92 Å². The first kappa shape index (κ1) is 13.9. The fourth-order valence-electron chi connectivity index (χ4n) is 3.06. The molecular formula is C14H15ClN2O2S. The Morgan fingerprint density at radius 1 is 1.35 bits per heavy atom. The zero-order valence-electron chi connectivity index (χ0n) is 11.0. The van der Waals surface area contributed by atoms with Crippen molar-refractivity contribution in [2.24, 2.45) is 5.92 Å². The number of likely N-dealkylation sites (N-methyl/N-ethyl adjacent to an activating group) is 1. The van der Waals surface area contributed by atoms with Gasteiger partial charge in [0.1, 0.15) is 0 Å². The van der Waals surface area contributed by atoms with Crippen LogP contribution < -0.4 is 0 Å². The van der Waals surface area contributed by atoms with Crippen LogP contribution in [-0.2, 0) is 0 Å². The summed E-state index contributed by atoms with van der Waals surface area (Å²) in [7, 11) is 2.07. The zero-order chi connectivity index (χ0) is 14.3. The molecule has 3 unspecified atom stereocenters. The largest absolute Gasteiger partial charge is 0.305 e. The number of piperidine rings is 1. The summed E-state index contributed by atoms with van der Waals surface area (Å²) in [4.78, 5) is 13.0. The van der Waals surface area contributed by atoms with Crippen LogP contribution in [0, 0.1) is 16.0 Å². The first-order chi connectivity index (χ1) is 9.54. The van der Waals surface area contributed by atoms with E-state index in [9.17, 15) is 10.1 Å². The second kappa shape index (κ2) is 5.39. The number of rotatable bonds is 2. The van der Waals surface area contributed by atoms with Crippen molar-refractivity contribution in [1.82, 2.24) is 4.90 Å². The molecule has 0 amide bonds. The van der Waals surface area contributed by atoms with E-state index in [-0.39, 0.29) is 16.1 Å². The Morgan fingerprint density at radius 3 is 2.70 bits per heavy atom. The van der Waals surface area contributed by atoms with Crippen LogP contribution in [-0.4, -0.2) is 35.2 Å². The van der Waals surface area contributed by atoms with Gasteiger partial charge in [-0.1, -0.05) is 23.7 Å². The summed E-state index contributed by atoms with van der Waals surface area (Å²) >= 11 is 7.34. The van der Waals surface area contributed by atoms with E-state index < -0.39 is 0 Å². The smallest absolute Gasteiger partial charge is 0.299 e. The van der Waals surface area contributed by atoms with Crippen LogP contribution in [0.4, 0.5) is 0 Å². The third-order valence-electron chi connectivity index (χ3n) is 3.98. The van der Waals surface area contributed by atoms with Crippen molar-refractivity contribution in [2.75, 3.05) is 20.1 Å². The number of thioether (sulfide) groups is 1. The van der Waals surface area contributed by atoms with Crippen molar-refractivity contribution in [3.63, 3.8) is 0 Å². The molecule has 2 aliphatic heterocycles. The molecule has 3 rings (SSSR count). The predicted molar refractivity (Wildman–Crippen MR) is 81.6 cm³/mol. The molecule has 0 bridgehead atoms. The number of hydrogen-bond acceptors (Lipinski definition) is 4. The molecule has 0 radical (unpaired) electrons. The van der Waals surface area contributed by atoms with E-state index in [1.54, 1.807) is 0 Å². The third-order valence-corrected chi connectivity index (χ3v) is 5.52. The van der Waals surface area contributed by atoms with Gasteiger partial charge in [0.15, 0.2) is 0 Å². The number of fused-ring (bicyclic) bond motifs is 1. The second-order valence-corrected chi connectivity index (χ2v) is 7.07. The van der Waals surface area contributed by atoms with Gasteiger partial charge in [-0.15, -0.1) is 0 Å². The molecule has 1 fully saturated rings. The summed E-state index contributed by atoms with van der Waals surface area (Å²) < 4.78 is 0. The van der Waals surface area contributed by atoms with Gasteiger partial charge in [-0.25, -0.2) is 0 Å². The van der Waals surface area contributed by atoms with Crippen LogP contribution in [0.25, 0.3) is 0 Å². The molecule has 3 atom stereocenters. The summed E-state index contributed by atoms with van der Waals surface area (Å²) in [5.41, 5.74) is 1.21. The molecular weight excluding hydrogens is 296 g/mol. The first-order valence-electron chi connectivity index (χ1n) is 6.51. The Bertz CT molecular complexity index is 561. The number of benzene rings is 1. The molecule has 1 saturated heterocycles. The Labute approximate surface area is 126 Å². The normalized spacial score (nSPS) is 29.9. The summed E-state index contributed by atoms with van der Waals surface area (Å²) in [6, 6.07) is 7.85. The Hall–Kier alpha value is -1.04. The van der Waals surface area contributed by atoms with Gasteiger partial charge < -0.3 is 4.90 Å². The minimum atomic E-state index is -0.262. The van der Waals surface area contributed by atoms with Gasteiger partial charge >= 0.3 is 0 Å². The van der Waals surface area contributed by atoms with Crippen LogP contribution in [0.2, 0.25) is 5.02 Å². The lowest BCUT2D eigenvalue weighted by molar-refractivity contribution is -0.410. The van der Waals surface area contributed by atoms with E-state index in [0.717, 1.165) is 18.1 Å². The van der Waals surface area contributed by atoms with Gasteiger partial charge in [0.2, 0.25) is 0 Å². The number of likely N-dealkylation sites (tertiary alicyclic amines) is 1. The van der Waals surface area contributed by atoms with Crippen molar-refractivity contribution < 1.29 is 4.92 Å².